The quantitative estimate of drug-likeness (QED) is 0.682. The molecule has 1 N–H and O–H groups in total. The molecule has 4 nitrogen and oxygen atoms in total. The number of hydrogen-bond donors (Lipinski definition) is 1. The molecule has 0 radical (unpaired) electrons. The van der Waals surface area contributed by atoms with Crippen LogP contribution in [0.25, 0.3) is 11.3 Å². The van der Waals surface area contributed by atoms with E-state index in [1.54, 1.807) is 0 Å². The maximum absolute atomic E-state index is 4.78. The van der Waals surface area contributed by atoms with Crippen molar-refractivity contribution in [1.29, 1.82) is 0 Å². The summed E-state index contributed by atoms with van der Waals surface area (Å²) in [6.45, 7) is 4.42. The Balaban J connectivity index is 1.48. The summed E-state index contributed by atoms with van der Waals surface area (Å²) in [4.78, 5) is 2.53. The highest BCUT2D eigenvalue weighted by Crippen LogP contribution is 2.38. The van der Waals surface area contributed by atoms with Crippen LogP contribution in [0.1, 0.15) is 43.1 Å². The van der Waals surface area contributed by atoms with Gasteiger partial charge < -0.3 is 10.2 Å². The molecule has 1 fully saturated rings. The first-order valence-corrected chi connectivity index (χ1v) is 10.1. The van der Waals surface area contributed by atoms with Crippen LogP contribution in [0.5, 0.6) is 0 Å². The van der Waals surface area contributed by atoms with Gasteiger partial charge in [-0.25, -0.2) is 4.68 Å². The van der Waals surface area contributed by atoms with Gasteiger partial charge >= 0.3 is 0 Å². The highest BCUT2D eigenvalue weighted by molar-refractivity contribution is 5.78. The van der Waals surface area contributed by atoms with E-state index in [1.165, 1.54) is 67.0 Å². The minimum atomic E-state index is 0.0294. The molecule has 2 aliphatic rings. The van der Waals surface area contributed by atoms with Gasteiger partial charge in [0, 0.05) is 30.0 Å². The van der Waals surface area contributed by atoms with Gasteiger partial charge in [-0.05, 0) is 49.6 Å². The van der Waals surface area contributed by atoms with Crippen molar-refractivity contribution in [3.05, 3.63) is 65.9 Å². The van der Waals surface area contributed by atoms with Crippen LogP contribution >= 0.6 is 0 Å². The van der Waals surface area contributed by atoms with Crippen LogP contribution in [-0.2, 0) is 0 Å². The molecule has 1 atom stereocenters. The second kappa shape index (κ2) is 6.76. The third kappa shape index (κ3) is 2.99. The van der Waals surface area contributed by atoms with E-state index in [9.17, 15) is 0 Å². The molecule has 27 heavy (non-hydrogen) atoms. The van der Waals surface area contributed by atoms with Crippen LogP contribution in [0.2, 0.25) is 0 Å². The number of nitrogens with one attached hydrogen (secondary N) is 1. The molecule has 0 amide bonds. The van der Waals surface area contributed by atoms with E-state index in [1.807, 2.05) is 0 Å². The van der Waals surface area contributed by atoms with Gasteiger partial charge in [0.05, 0.1) is 11.4 Å². The Morgan fingerprint density at radius 2 is 1.67 bits per heavy atom. The lowest BCUT2D eigenvalue weighted by Gasteiger charge is -2.30. The molecule has 2 aliphatic heterocycles. The van der Waals surface area contributed by atoms with Gasteiger partial charge in [-0.15, -0.1) is 0 Å². The molecule has 0 spiro atoms. The van der Waals surface area contributed by atoms with Gasteiger partial charge in [0.1, 0.15) is 6.17 Å². The van der Waals surface area contributed by atoms with E-state index in [4.69, 9.17) is 5.10 Å². The van der Waals surface area contributed by atoms with Crippen molar-refractivity contribution in [1.82, 2.24) is 9.78 Å². The lowest BCUT2D eigenvalue weighted by Crippen LogP contribution is -2.26. The number of rotatable bonds is 2. The van der Waals surface area contributed by atoms with Crippen molar-refractivity contribution < 1.29 is 0 Å². The molecule has 138 valence electrons. The zero-order valence-electron chi connectivity index (χ0n) is 15.9. The van der Waals surface area contributed by atoms with E-state index >= 15 is 0 Å². The summed E-state index contributed by atoms with van der Waals surface area (Å²) in [7, 11) is 0. The topological polar surface area (TPSA) is 33.1 Å². The predicted molar refractivity (Wildman–Crippen MR) is 111 cm³/mol. The van der Waals surface area contributed by atoms with Crippen LogP contribution in [-0.4, -0.2) is 22.9 Å². The van der Waals surface area contributed by atoms with Gasteiger partial charge in [-0.1, -0.05) is 43.2 Å². The third-order valence-corrected chi connectivity index (χ3v) is 5.78. The number of para-hydroxylation sites is 1. The molecule has 1 aromatic heterocycles. The maximum atomic E-state index is 4.78. The molecule has 5 rings (SSSR count). The first-order chi connectivity index (χ1) is 13.3. The average molecular weight is 358 g/mol. The number of benzene rings is 2. The summed E-state index contributed by atoms with van der Waals surface area (Å²) in [5.74, 6) is 0. The summed E-state index contributed by atoms with van der Waals surface area (Å²) in [6.07, 6.45) is 5.36. The number of fused-ring (bicyclic) bond motifs is 3. The standard InChI is InChI=1S/C23H26N4/c1-17-16-22-20-8-4-5-9-21(20)24-23(27(22)25-17)18-10-12-19(13-11-18)26-14-6-2-3-7-15-26/h4-5,8-13,16,23-24H,2-3,6-7,14-15H2,1H3. The fraction of sp³-hybridized carbons (Fsp3) is 0.348. The van der Waals surface area contributed by atoms with Crippen molar-refractivity contribution in [3.8, 4) is 11.3 Å². The second-order valence-electron chi connectivity index (χ2n) is 7.70. The summed E-state index contributed by atoms with van der Waals surface area (Å²) >= 11 is 0. The average Bonchev–Trinajstić information content (AvgIpc) is 2.91. The predicted octanol–water partition coefficient (Wildman–Crippen LogP) is 5.21. The second-order valence-corrected chi connectivity index (χ2v) is 7.70. The molecular formula is C23H26N4. The van der Waals surface area contributed by atoms with E-state index in [0.29, 0.717) is 0 Å². The SMILES string of the molecule is Cc1cc2n(n1)C(c1ccc(N3CCCCCC3)cc1)Nc1ccccc1-2. The van der Waals surface area contributed by atoms with Gasteiger partial charge in [0.2, 0.25) is 0 Å². The van der Waals surface area contributed by atoms with Crippen molar-refractivity contribution in [2.75, 3.05) is 23.3 Å². The lowest BCUT2D eigenvalue weighted by atomic mass is 10.0. The Morgan fingerprint density at radius 1 is 0.926 bits per heavy atom. The van der Waals surface area contributed by atoms with Gasteiger partial charge in [-0.2, -0.15) is 5.10 Å². The molecule has 4 heteroatoms. The van der Waals surface area contributed by atoms with Gasteiger partial charge in [0.25, 0.3) is 0 Å². The first-order valence-electron chi connectivity index (χ1n) is 10.1. The van der Waals surface area contributed by atoms with Crippen molar-refractivity contribution in [3.63, 3.8) is 0 Å². The molecule has 1 saturated heterocycles. The highest BCUT2D eigenvalue weighted by Gasteiger charge is 2.26. The zero-order chi connectivity index (χ0) is 18.2. The van der Waals surface area contributed by atoms with Crippen molar-refractivity contribution >= 4 is 11.4 Å². The van der Waals surface area contributed by atoms with Gasteiger partial charge in [0.15, 0.2) is 0 Å². The smallest absolute Gasteiger partial charge is 0.147 e. The summed E-state index contributed by atoms with van der Waals surface area (Å²) < 4.78 is 2.12. The number of aromatic nitrogens is 2. The Hall–Kier alpha value is -2.75. The fourth-order valence-corrected chi connectivity index (χ4v) is 4.38. The van der Waals surface area contributed by atoms with Crippen LogP contribution in [0.15, 0.2) is 54.6 Å². The minimum absolute atomic E-state index is 0.0294. The number of anilines is 2. The number of aryl methyl sites for hydroxylation is 1. The zero-order valence-corrected chi connectivity index (χ0v) is 15.9. The molecule has 2 aromatic carbocycles. The molecule has 3 heterocycles. The molecular weight excluding hydrogens is 332 g/mol. The van der Waals surface area contributed by atoms with E-state index < -0.39 is 0 Å². The van der Waals surface area contributed by atoms with Crippen molar-refractivity contribution in [2.24, 2.45) is 0 Å². The maximum Gasteiger partial charge on any atom is 0.147 e. The first kappa shape index (κ1) is 16.4. The minimum Gasteiger partial charge on any atom is -0.372 e. The van der Waals surface area contributed by atoms with Crippen LogP contribution in [0.4, 0.5) is 11.4 Å². The normalized spacial score (nSPS) is 19.0. The summed E-state index contributed by atoms with van der Waals surface area (Å²) in [5.41, 5.74) is 7.21. The van der Waals surface area contributed by atoms with Gasteiger partial charge in [-0.3, -0.25) is 0 Å². The van der Waals surface area contributed by atoms with Crippen LogP contribution < -0.4 is 10.2 Å². The van der Waals surface area contributed by atoms with E-state index in [0.717, 1.165) is 5.69 Å². The largest absolute Gasteiger partial charge is 0.372 e. The highest BCUT2D eigenvalue weighted by atomic mass is 15.4. The monoisotopic (exact) mass is 358 g/mol. The number of hydrogen-bond acceptors (Lipinski definition) is 3. The third-order valence-electron chi connectivity index (χ3n) is 5.78. The summed E-state index contributed by atoms with van der Waals surface area (Å²) in [6, 6.07) is 19.7. The Bertz CT molecular complexity index is 933. The lowest BCUT2D eigenvalue weighted by molar-refractivity contribution is 0.571. The fourth-order valence-electron chi connectivity index (χ4n) is 4.38. The molecule has 1 unspecified atom stereocenters. The Kier molecular flexibility index (Phi) is 4.12. The molecule has 0 saturated carbocycles. The van der Waals surface area contributed by atoms with Crippen molar-refractivity contribution in [2.45, 2.75) is 38.8 Å². The Labute approximate surface area is 160 Å². The number of nitrogens with zero attached hydrogens (tertiary/aromatic N) is 3. The Morgan fingerprint density at radius 3 is 2.44 bits per heavy atom. The summed E-state index contributed by atoms with van der Waals surface area (Å²) in [5, 5.41) is 8.45. The molecule has 0 bridgehead atoms. The molecule has 3 aromatic rings. The van der Waals surface area contributed by atoms with E-state index in [2.05, 4.69) is 76.4 Å². The van der Waals surface area contributed by atoms with E-state index in [-0.39, 0.29) is 6.17 Å². The van der Waals surface area contributed by atoms with Crippen LogP contribution in [0.3, 0.4) is 0 Å². The molecule has 0 aliphatic carbocycles. The van der Waals surface area contributed by atoms with Crippen LogP contribution in [0, 0.1) is 6.92 Å².